The van der Waals surface area contributed by atoms with Gasteiger partial charge in [0.2, 0.25) is 0 Å². The number of hydrogen-bond donors (Lipinski definition) is 1. The van der Waals surface area contributed by atoms with E-state index in [0.29, 0.717) is 12.5 Å². The molecular formula is C14H20ClN3S2. The van der Waals surface area contributed by atoms with Crippen LogP contribution in [0.5, 0.6) is 0 Å². The molecule has 0 saturated heterocycles. The molecule has 0 spiro atoms. The van der Waals surface area contributed by atoms with E-state index in [1.807, 2.05) is 6.07 Å². The molecule has 2 rings (SSSR count). The van der Waals surface area contributed by atoms with Crippen molar-refractivity contribution < 1.29 is 0 Å². The largest absolute Gasteiger partial charge is 0.346 e. The first-order valence-electron chi connectivity index (χ1n) is 6.70. The zero-order valence-corrected chi connectivity index (χ0v) is 14.4. The van der Waals surface area contributed by atoms with Crippen LogP contribution in [0.2, 0.25) is 4.34 Å². The minimum Gasteiger partial charge on any atom is -0.346 e. The van der Waals surface area contributed by atoms with E-state index in [1.165, 1.54) is 9.75 Å². The Hall–Kier alpha value is -0.620. The van der Waals surface area contributed by atoms with Gasteiger partial charge in [-0.2, -0.15) is 0 Å². The van der Waals surface area contributed by atoms with E-state index in [1.54, 1.807) is 22.7 Å². The first kappa shape index (κ1) is 15.8. The van der Waals surface area contributed by atoms with E-state index in [9.17, 15) is 0 Å². The lowest BCUT2D eigenvalue weighted by Gasteiger charge is -2.14. The van der Waals surface area contributed by atoms with E-state index in [4.69, 9.17) is 22.3 Å². The summed E-state index contributed by atoms with van der Waals surface area (Å²) < 4.78 is 0.829. The van der Waals surface area contributed by atoms with Crippen LogP contribution in [0.25, 0.3) is 0 Å². The van der Waals surface area contributed by atoms with E-state index >= 15 is 0 Å². The topological polar surface area (TPSA) is 42.2 Å². The quantitative estimate of drug-likeness (QED) is 0.850. The van der Waals surface area contributed by atoms with Crippen molar-refractivity contribution in [1.82, 2.24) is 4.98 Å². The predicted molar refractivity (Wildman–Crippen MR) is 90.1 cm³/mol. The summed E-state index contributed by atoms with van der Waals surface area (Å²) >= 11 is 9.29. The maximum absolute atomic E-state index is 5.97. The normalized spacial score (nSPS) is 12.7. The van der Waals surface area contributed by atoms with Gasteiger partial charge in [0.05, 0.1) is 16.6 Å². The Morgan fingerprint density at radius 2 is 2.15 bits per heavy atom. The van der Waals surface area contributed by atoms with E-state index < -0.39 is 0 Å². The van der Waals surface area contributed by atoms with Crippen LogP contribution < -0.4 is 10.6 Å². The van der Waals surface area contributed by atoms with Gasteiger partial charge in [-0.05, 0) is 24.5 Å². The molecular weight excluding hydrogens is 310 g/mol. The van der Waals surface area contributed by atoms with Crippen molar-refractivity contribution in [3.8, 4) is 0 Å². The number of anilines is 1. The number of aromatic nitrogens is 1. The summed E-state index contributed by atoms with van der Waals surface area (Å²) in [6, 6.07) is 4.00. The molecule has 0 aliphatic carbocycles. The summed E-state index contributed by atoms with van der Waals surface area (Å²) in [6.07, 6.45) is 1.08. The lowest BCUT2D eigenvalue weighted by Crippen LogP contribution is -2.15. The lowest BCUT2D eigenvalue weighted by atomic mass is 10.0. The molecule has 1 atom stereocenters. The van der Waals surface area contributed by atoms with E-state index in [0.717, 1.165) is 28.1 Å². The molecule has 6 heteroatoms. The minimum atomic E-state index is 0.461. The molecule has 2 heterocycles. The number of hydrogen-bond acceptors (Lipinski definition) is 5. The van der Waals surface area contributed by atoms with Crippen molar-refractivity contribution in [2.45, 2.75) is 39.3 Å². The number of thiophene rings is 1. The molecule has 0 fully saturated rings. The summed E-state index contributed by atoms with van der Waals surface area (Å²) in [5, 5.41) is 1.03. The molecule has 110 valence electrons. The third kappa shape index (κ3) is 3.52. The van der Waals surface area contributed by atoms with Crippen molar-refractivity contribution in [3.63, 3.8) is 0 Å². The Kier molecular flexibility index (Phi) is 5.43. The number of thiazole rings is 1. The van der Waals surface area contributed by atoms with Gasteiger partial charge in [-0.3, -0.25) is 0 Å². The highest BCUT2D eigenvalue weighted by Crippen LogP contribution is 2.32. The molecule has 0 saturated carbocycles. The number of rotatable bonds is 6. The minimum absolute atomic E-state index is 0.461. The standard InChI is InChI=1S/C14H20ClN3S2/c1-4-9(2)13-11(7-16)20-14(17-13)18(3)8-10-5-6-12(15)19-10/h5-6,9H,4,7-8,16H2,1-3H3. The van der Waals surface area contributed by atoms with Gasteiger partial charge in [0.15, 0.2) is 5.13 Å². The first-order chi connectivity index (χ1) is 9.55. The second-order valence-electron chi connectivity index (χ2n) is 4.88. The monoisotopic (exact) mass is 329 g/mol. The highest BCUT2D eigenvalue weighted by molar-refractivity contribution is 7.16. The van der Waals surface area contributed by atoms with E-state index in [-0.39, 0.29) is 0 Å². The zero-order valence-electron chi connectivity index (χ0n) is 12.0. The Labute approximate surface area is 133 Å². The van der Waals surface area contributed by atoms with Gasteiger partial charge < -0.3 is 10.6 Å². The Bertz CT molecular complexity index is 565. The molecule has 3 nitrogen and oxygen atoms in total. The van der Waals surface area contributed by atoms with Crippen LogP contribution in [0.3, 0.4) is 0 Å². The lowest BCUT2D eigenvalue weighted by molar-refractivity contribution is 0.702. The third-order valence-electron chi connectivity index (χ3n) is 3.33. The molecule has 2 aromatic heterocycles. The van der Waals surface area contributed by atoms with Crippen LogP contribution in [0.1, 0.15) is 41.6 Å². The molecule has 2 aromatic rings. The Balaban J connectivity index is 2.17. The van der Waals surface area contributed by atoms with Crippen LogP contribution >= 0.6 is 34.3 Å². The summed E-state index contributed by atoms with van der Waals surface area (Å²) in [5.41, 5.74) is 7.01. The van der Waals surface area contributed by atoms with E-state index in [2.05, 4.69) is 31.9 Å². The molecule has 0 aliphatic rings. The predicted octanol–water partition coefficient (Wildman–Crippen LogP) is 4.47. The molecule has 0 radical (unpaired) electrons. The van der Waals surface area contributed by atoms with Gasteiger partial charge in [0.1, 0.15) is 0 Å². The Morgan fingerprint density at radius 3 is 2.70 bits per heavy atom. The highest BCUT2D eigenvalue weighted by atomic mass is 35.5. The fourth-order valence-corrected chi connectivity index (χ4v) is 4.14. The third-order valence-corrected chi connectivity index (χ3v) is 5.75. The highest BCUT2D eigenvalue weighted by Gasteiger charge is 2.17. The van der Waals surface area contributed by atoms with Gasteiger partial charge in [0.25, 0.3) is 0 Å². The fourth-order valence-electron chi connectivity index (χ4n) is 1.98. The Morgan fingerprint density at radius 1 is 1.40 bits per heavy atom. The molecule has 0 aliphatic heterocycles. The average molecular weight is 330 g/mol. The maximum Gasteiger partial charge on any atom is 0.185 e. The second-order valence-corrected chi connectivity index (χ2v) is 7.74. The number of nitrogens with zero attached hydrogens (tertiary/aromatic N) is 2. The van der Waals surface area contributed by atoms with Gasteiger partial charge in [0, 0.05) is 23.3 Å². The van der Waals surface area contributed by atoms with Crippen molar-refractivity contribution in [1.29, 1.82) is 0 Å². The molecule has 1 unspecified atom stereocenters. The van der Waals surface area contributed by atoms with Gasteiger partial charge in [-0.25, -0.2) is 4.98 Å². The van der Waals surface area contributed by atoms with Gasteiger partial charge in [-0.1, -0.05) is 25.4 Å². The number of nitrogens with two attached hydrogens (primary N) is 1. The molecule has 2 N–H and O–H groups in total. The second kappa shape index (κ2) is 6.89. The van der Waals surface area contributed by atoms with Crippen LogP contribution in [-0.4, -0.2) is 12.0 Å². The molecule has 0 amide bonds. The van der Waals surface area contributed by atoms with Crippen LogP contribution in [0.15, 0.2) is 12.1 Å². The molecule has 0 aromatic carbocycles. The van der Waals surface area contributed by atoms with Gasteiger partial charge in [-0.15, -0.1) is 22.7 Å². The fraction of sp³-hybridized carbons (Fsp3) is 0.500. The molecule has 20 heavy (non-hydrogen) atoms. The summed E-state index contributed by atoms with van der Waals surface area (Å²) in [5.74, 6) is 0.461. The summed E-state index contributed by atoms with van der Waals surface area (Å²) in [4.78, 5) is 9.40. The van der Waals surface area contributed by atoms with Crippen molar-refractivity contribution in [2.24, 2.45) is 5.73 Å². The average Bonchev–Trinajstić information content (AvgIpc) is 3.04. The van der Waals surface area contributed by atoms with Crippen molar-refractivity contribution >= 4 is 39.4 Å². The van der Waals surface area contributed by atoms with Crippen molar-refractivity contribution in [3.05, 3.63) is 31.9 Å². The summed E-state index contributed by atoms with van der Waals surface area (Å²) in [7, 11) is 2.06. The van der Waals surface area contributed by atoms with Crippen molar-refractivity contribution in [2.75, 3.05) is 11.9 Å². The maximum atomic E-state index is 5.97. The van der Waals surface area contributed by atoms with Gasteiger partial charge >= 0.3 is 0 Å². The van der Waals surface area contributed by atoms with Crippen LogP contribution in [0.4, 0.5) is 5.13 Å². The SMILES string of the molecule is CCC(C)c1nc(N(C)Cc2ccc(Cl)s2)sc1CN. The molecule has 0 bridgehead atoms. The van der Waals surface area contributed by atoms with Crippen LogP contribution in [0, 0.1) is 0 Å². The summed E-state index contributed by atoms with van der Waals surface area (Å²) in [6.45, 7) is 5.78. The number of halogens is 1. The van der Waals surface area contributed by atoms with Crippen LogP contribution in [-0.2, 0) is 13.1 Å². The smallest absolute Gasteiger partial charge is 0.185 e. The first-order valence-corrected chi connectivity index (χ1v) is 8.71. The zero-order chi connectivity index (χ0) is 14.7.